The van der Waals surface area contributed by atoms with Crippen LogP contribution in [0.2, 0.25) is 0 Å². The maximum absolute atomic E-state index is 11.9. The Labute approximate surface area is 135 Å². The van der Waals surface area contributed by atoms with Crippen LogP contribution in [-0.2, 0) is 10.2 Å². The van der Waals surface area contributed by atoms with Crippen LogP contribution in [0, 0.1) is 0 Å². The number of hydrogen-bond acceptors (Lipinski definition) is 4. The molecular formula is C17H22O4S. The lowest BCUT2D eigenvalue weighted by atomic mass is 9.69. The molecule has 120 valence electrons. The van der Waals surface area contributed by atoms with Gasteiger partial charge in [0.15, 0.2) is 11.5 Å². The maximum Gasteiger partial charge on any atom is 0.314 e. The van der Waals surface area contributed by atoms with Crippen LogP contribution in [-0.4, -0.2) is 35.8 Å². The van der Waals surface area contributed by atoms with E-state index in [4.69, 9.17) is 9.47 Å². The van der Waals surface area contributed by atoms with Gasteiger partial charge in [-0.1, -0.05) is 25.3 Å². The molecule has 5 heteroatoms. The summed E-state index contributed by atoms with van der Waals surface area (Å²) in [6, 6.07) is 5.64. The highest BCUT2D eigenvalue weighted by Crippen LogP contribution is 2.43. The van der Waals surface area contributed by atoms with Crippen LogP contribution < -0.4 is 9.47 Å². The van der Waals surface area contributed by atoms with E-state index in [0.29, 0.717) is 24.3 Å². The van der Waals surface area contributed by atoms with Gasteiger partial charge in [0.1, 0.15) is 6.10 Å². The van der Waals surface area contributed by atoms with Gasteiger partial charge in [0.05, 0.1) is 12.5 Å². The Balaban J connectivity index is 1.90. The maximum atomic E-state index is 11.9. The van der Waals surface area contributed by atoms with Crippen molar-refractivity contribution in [1.82, 2.24) is 0 Å². The largest absolute Gasteiger partial charge is 0.493 e. The predicted molar refractivity (Wildman–Crippen MR) is 87.1 cm³/mol. The topological polar surface area (TPSA) is 55.8 Å². The van der Waals surface area contributed by atoms with Gasteiger partial charge in [0.25, 0.3) is 0 Å². The molecule has 0 radical (unpaired) electrons. The number of hydrogen-bond donors (Lipinski definition) is 1. The van der Waals surface area contributed by atoms with Crippen LogP contribution in [0.15, 0.2) is 18.2 Å². The molecule has 1 saturated carbocycles. The number of rotatable bonds is 5. The monoisotopic (exact) mass is 322 g/mol. The molecule has 2 aliphatic rings. The second-order valence-corrected chi connectivity index (χ2v) is 7.17. The van der Waals surface area contributed by atoms with Gasteiger partial charge in [-0.05, 0) is 30.5 Å². The van der Waals surface area contributed by atoms with Crippen molar-refractivity contribution in [3.05, 3.63) is 23.8 Å². The van der Waals surface area contributed by atoms with Gasteiger partial charge in [-0.25, -0.2) is 0 Å². The van der Waals surface area contributed by atoms with Crippen LogP contribution in [0.5, 0.6) is 11.5 Å². The molecule has 4 nitrogen and oxygen atoms in total. The smallest absolute Gasteiger partial charge is 0.314 e. The zero-order chi connectivity index (χ0) is 15.6. The van der Waals surface area contributed by atoms with Gasteiger partial charge in [0.2, 0.25) is 0 Å². The van der Waals surface area contributed by atoms with Crippen LogP contribution in [0.3, 0.4) is 0 Å². The van der Waals surface area contributed by atoms with E-state index in [-0.39, 0.29) is 6.10 Å². The number of thioether (sulfide) groups is 1. The van der Waals surface area contributed by atoms with E-state index in [2.05, 4.69) is 0 Å². The number of methoxy groups -OCH3 is 1. The van der Waals surface area contributed by atoms with Crippen LogP contribution in [0.4, 0.5) is 0 Å². The second kappa shape index (κ2) is 6.41. The Morgan fingerprint density at radius 3 is 2.50 bits per heavy atom. The summed E-state index contributed by atoms with van der Waals surface area (Å²) in [4.78, 5) is 11.9. The minimum Gasteiger partial charge on any atom is -0.493 e. The van der Waals surface area contributed by atoms with Crippen molar-refractivity contribution in [2.75, 3.05) is 18.6 Å². The van der Waals surface area contributed by atoms with Crippen molar-refractivity contribution in [3.8, 4) is 11.5 Å². The minimum atomic E-state index is -0.767. The molecule has 0 unspecified atom stereocenters. The standard InChI is InChI=1S/C17H22O4S/c1-20-15-9-12(5-6-14(15)21-13-10-22-11-13)17(16(18)19)7-3-2-4-8-17/h5-6,9,13H,2-4,7-8,10-11H2,1H3,(H,18,19). The van der Waals surface area contributed by atoms with Crippen molar-refractivity contribution in [2.45, 2.75) is 43.6 Å². The molecule has 1 heterocycles. The van der Waals surface area contributed by atoms with Crippen molar-refractivity contribution < 1.29 is 19.4 Å². The summed E-state index contributed by atoms with van der Waals surface area (Å²) in [6.45, 7) is 0. The summed E-state index contributed by atoms with van der Waals surface area (Å²) in [7, 11) is 1.61. The fraction of sp³-hybridized carbons (Fsp3) is 0.588. The third-order valence-corrected chi connectivity index (χ3v) is 5.95. The van der Waals surface area contributed by atoms with E-state index in [1.807, 2.05) is 30.0 Å². The molecule has 1 aromatic carbocycles. The van der Waals surface area contributed by atoms with E-state index in [1.165, 1.54) is 0 Å². The van der Waals surface area contributed by atoms with Crippen LogP contribution >= 0.6 is 11.8 Å². The number of carbonyl (C=O) groups is 1. The summed E-state index contributed by atoms with van der Waals surface area (Å²) in [5.41, 5.74) is 0.0722. The molecule has 0 aromatic heterocycles. The molecule has 0 atom stereocenters. The van der Waals surface area contributed by atoms with Crippen molar-refractivity contribution in [2.24, 2.45) is 0 Å². The molecule has 3 rings (SSSR count). The van der Waals surface area contributed by atoms with Gasteiger partial charge in [0, 0.05) is 11.5 Å². The first-order valence-corrected chi connectivity index (χ1v) is 8.97. The van der Waals surface area contributed by atoms with Gasteiger partial charge in [-0.3, -0.25) is 4.79 Å². The number of ether oxygens (including phenoxy) is 2. The molecule has 22 heavy (non-hydrogen) atoms. The van der Waals surface area contributed by atoms with E-state index >= 15 is 0 Å². The SMILES string of the molecule is COc1cc(C2(C(=O)O)CCCCC2)ccc1OC1CSC1. The minimum absolute atomic E-state index is 0.243. The summed E-state index contributed by atoms with van der Waals surface area (Å²) >= 11 is 1.86. The first kappa shape index (κ1) is 15.5. The van der Waals surface area contributed by atoms with E-state index < -0.39 is 11.4 Å². The van der Waals surface area contributed by atoms with E-state index in [1.54, 1.807) is 7.11 Å². The lowest BCUT2D eigenvalue weighted by Gasteiger charge is -2.34. The molecule has 0 bridgehead atoms. The molecule has 2 fully saturated rings. The summed E-state index contributed by atoms with van der Waals surface area (Å²) < 4.78 is 11.4. The Morgan fingerprint density at radius 2 is 1.95 bits per heavy atom. The summed E-state index contributed by atoms with van der Waals surface area (Å²) in [6.07, 6.45) is 4.69. The van der Waals surface area contributed by atoms with Gasteiger partial charge < -0.3 is 14.6 Å². The molecule has 1 aliphatic carbocycles. The quantitative estimate of drug-likeness (QED) is 0.899. The highest BCUT2D eigenvalue weighted by Gasteiger charge is 2.41. The molecule has 1 aromatic rings. The Kier molecular flexibility index (Phi) is 4.52. The predicted octanol–water partition coefficient (Wildman–Crippen LogP) is 3.48. The average Bonchev–Trinajstić information content (AvgIpc) is 2.51. The summed E-state index contributed by atoms with van der Waals surface area (Å²) in [5.74, 6) is 2.64. The lowest BCUT2D eigenvalue weighted by Crippen LogP contribution is -2.37. The molecule has 1 aliphatic heterocycles. The zero-order valence-corrected chi connectivity index (χ0v) is 13.7. The molecular weight excluding hydrogens is 300 g/mol. The fourth-order valence-corrected chi connectivity index (χ4v) is 3.87. The third-order valence-electron chi connectivity index (χ3n) is 4.73. The number of benzene rings is 1. The Hall–Kier alpha value is -1.36. The molecule has 0 spiro atoms. The first-order valence-electron chi connectivity index (χ1n) is 7.82. The van der Waals surface area contributed by atoms with Crippen molar-refractivity contribution >= 4 is 17.7 Å². The number of aliphatic carboxylic acids is 1. The van der Waals surface area contributed by atoms with Crippen LogP contribution in [0.1, 0.15) is 37.7 Å². The van der Waals surface area contributed by atoms with Crippen molar-refractivity contribution in [1.29, 1.82) is 0 Å². The number of carboxylic acids is 1. The Morgan fingerprint density at radius 1 is 1.23 bits per heavy atom. The lowest BCUT2D eigenvalue weighted by molar-refractivity contribution is -0.145. The zero-order valence-electron chi connectivity index (χ0n) is 12.8. The van der Waals surface area contributed by atoms with E-state index in [9.17, 15) is 9.90 Å². The molecule has 1 saturated heterocycles. The molecule has 0 amide bonds. The molecule has 1 N–H and O–H groups in total. The van der Waals surface area contributed by atoms with Crippen LogP contribution in [0.25, 0.3) is 0 Å². The highest BCUT2D eigenvalue weighted by atomic mass is 32.2. The second-order valence-electron chi connectivity index (χ2n) is 6.09. The fourth-order valence-electron chi connectivity index (χ4n) is 3.31. The van der Waals surface area contributed by atoms with Gasteiger partial charge in [-0.15, -0.1) is 0 Å². The number of carboxylic acid groups (broad SMARTS) is 1. The summed E-state index contributed by atoms with van der Waals surface area (Å²) in [5, 5.41) is 9.79. The highest BCUT2D eigenvalue weighted by molar-refractivity contribution is 8.00. The third kappa shape index (κ3) is 2.78. The van der Waals surface area contributed by atoms with E-state index in [0.717, 1.165) is 36.3 Å². The first-order chi connectivity index (χ1) is 10.7. The normalized spacial score (nSPS) is 21.0. The van der Waals surface area contributed by atoms with Gasteiger partial charge >= 0.3 is 5.97 Å². The Bertz CT molecular complexity index is 548. The van der Waals surface area contributed by atoms with Crippen molar-refractivity contribution in [3.63, 3.8) is 0 Å². The van der Waals surface area contributed by atoms with Gasteiger partial charge in [-0.2, -0.15) is 11.8 Å². The average molecular weight is 322 g/mol.